The van der Waals surface area contributed by atoms with Crippen molar-refractivity contribution in [3.8, 4) is 0 Å². The number of benzene rings is 2. The van der Waals surface area contributed by atoms with Crippen LogP contribution >= 0.6 is 0 Å². The first kappa shape index (κ1) is 26.2. The van der Waals surface area contributed by atoms with Crippen LogP contribution in [0.25, 0.3) is 5.57 Å². The van der Waals surface area contributed by atoms with Crippen molar-refractivity contribution < 1.29 is 23.1 Å². The summed E-state index contributed by atoms with van der Waals surface area (Å²) >= 11 is 0. The quantitative estimate of drug-likeness (QED) is 0.592. The van der Waals surface area contributed by atoms with Gasteiger partial charge in [0.25, 0.3) is 0 Å². The maximum absolute atomic E-state index is 14.7. The van der Waals surface area contributed by atoms with Gasteiger partial charge in [0.2, 0.25) is 0 Å². The van der Waals surface area contributed by atoms with E-state index in [4.69, 9.17) is 0 Å². The van der Waals surface area contributed by atoms with Gasteiger partial charge >= 0.3 is 6.03 Å². The SMILES string of the molecule is CCCN1CCC(N(C)C(=O)N2CC(c3cc(F)ccc3F)=C[C@@]2(CO)c2ccccc2)CC1CF. The molecule has 1 N–H and O–H groups in total. The monoisotopic (exact) mass is 501 g/mol. The molecule has 2 heterocycles. The third kappa shape index (κ3) is 4.89. The summed E-state index contributed by atoms with van der Waals surface area (Å²) in [5, 5.41) is 10.7. The van der Waals surface area contributed by atoms with E-state index >= 15 is 0 Å². The number of halogens is 3. The fourth-order valence-corrected chi connectivity index (χ4v) is 5.58. The molecule has 2 amide bonds. The molecule has 4 rings (SSSR count). The summed E-state index contributed by atoms with van der Waals surface area (Å²) in [7, 11) is 1.70. The maximum atomic E-state index is 14.7. The van der Waals surface area contributed by atoms with Crippen LogP contribution in [0.5, 0.6) is 0 Å². The van der Waals surface area contributed by atoms with Crippen LogP contribution in [0.1, 0.15) is 37.3 Å². The van der Waals surface area contributed by atoms with Crippen molar-refractivity contribution in [3.05, 3.63) is 77.4 Å². The van der Waals surface area contributed by atoms with Crippen molar-refractivity contribution >= 4 is 11.6 Å². The van der Waals surface area contributed by atoms with Crippen molar-refractivity contribution in [1.29, 1.82) is 0 Å². The lowest BCUT2D eigenvalue weighted by Gasteiger charge is -2.44. The van der Waals surface area contributed by atoms with E-state index < -0.39 is 30.5 Å². The minimum atomic E-state index is -1.25. The number of rotatable bonds is 7. The summed E-state index contributed by atoms with van der Waals surface area (Å²) in [4.78, 5) is 19.2. The molecule has 3 atom stereocenters. The maximum Gasteiger partial charge on any atom is 0.321 e. The van der Waals surface area contributed by atoms with Crippen LogP contribution in [0.2, 0.25) is 0 Å². The number of aliphatic hydroxyl groups excluding tert-OH is 1. The Morgan fingerprint density at radius 2 is 1.94 bits per heavy atom. The van der Waals surface area contributed by atoms with Gasteiger partial charge in [-0.15, -0.1) is 0 Å². The summed E-state index contributed by atoms with van der Waals surface area (Å²) in [6, 6.07) is 11.5. The van der Waals surface area contributed by atoms with E-state index in [0.29, 0.717) is 30.5 Å². The van der Waals surface area contributed by atoms with Crippen molar-refractivity contribution in [1.82, 2.24) is 14.7 Å². The molecule has 0 bridgehead atoms. The number of carbonyl (C=O) groups excluding carboxylic acids is 1. The second-order valence-electron chi connectivity index (χ2n) is 9.74. The van der Waals surface area contributed by atoms with Crippen molar-refractivity contribution in [2.45, 2.75) is 43.8 Å². The van der Waals surface area contributed by atoms with Crippen LogP contribution < -0.4 is 0 Å². The molecule has 1 fully saturated rings. The number of nitrogens with zero attached hydrogens (tertiary/aromatic N) is 3. The molecule has 0 spiro atoms. The van der Waals surface area contributed by atoms with Crippen molar-refractivity contribution in [2.24, 2.45) is 0 Å². The Morgan fingerprint density at radius 1 is 1.19 bits per heavy atom. The topological polar surface area (TPSA) is 47.0 Å². The highest BCUT2D eigenvalue weighted by molar-refractivity contribution is 5.83. The molecular weight excluding hydrogens is 467 g/mol. The average Bonchev–Trinajstić information content (AvgIpc) is 3.31. The third-order valence-electron chi connectivity index (χ3n) is 7.59. The van der Waals surface area contributed by atoms with Gasteiger partial charge in [0.05, 0.1) is 6.61 Å². The number of alkyl halides is 1. The number of likely N-dealkylation sites (tertiary alicyclic amines) is 1. The number of carbonyl (C=O) groups is 1. The molecule has 0 aromatic heterocycles. The number of aliphatic hydroxyl groups is 1. The predicted molar refractivity (Wildman–Crippen MR) is 134 cm³/mol. The first-order valence-electron chi connectivity index (χ1n) is 12.5. The first-order chi connectivity index (χ1) is 17.3. The molecule has 194 valence electrons. The zero-order valence-corrected chi connectivity index (χ0v) is 20.8. The smallest absolute Gasteiger partial charge is 0.321 e. The first-order valence-corrected chi connectivity index (χ1v) is 12.5. The van der Waals surface area contributed by atoms with Crippen molar-refractivity contribution in [2.75, 3.05) is 40.0 Å². The molecule has 2 aromatic carbocycles. The van der Waals surface area contributed by atoms with E-state index in [2.05, 4.69) is 11.8 Å². The Balaban J connectivity index is 1.67. The Hall–Kier alpha value is -2.84. The minimum Gasteiger partial charge on any atom is -0.393 e. The van der Waals surface area contributed by atoms with E-state index in [0.717, 1.165) is 31.2 Å². The zero-order valence-electron chi connectivity index (χ0n) is 20.8. The van der Waals surface area contributed by atoms with E-state index in [1.807, 2.05) is 18.2 Å². The van der Waals surface area contributed by atoms with Crippen LogP contribution in [0.3, 0.4) is 0 Å². The van der Waals surface area contributed by atoms with Crippen LogP contribution in [0.15, 0.2) is 54.6 Å². The van der Waals surface area contributed by atoms with Crippen molar-refractivity contribution in [3.63, 3.8) is 0 Å². The zero-order chi connectivity index (χ0) is 25.9. The van der Waals surface area contributed by atoms with Gasteiger partial charge in [-0.25, -0.2) is 18.0 Å². The molecule has 1 saturated heterocycles. The fourth-order valence-electron chi connectivity index (χ4n) is 5.58. The summed E-state index contributed by atoms with van der Waals surface area (Å²) in [6.45, 7) is 2.68. The van der Waals surface area contributed by atoms with Crippen LogP contribution in [0.4, 0.5) is 18.0 Å². The predicted octanol–water partition coefficient (Wildman–Crippen LogP) is 4.82. The lowest BCUT2D eigenvalue weighted by molar-refractivity contribution is 0.0482. The van der Waals surface area contributed by atoms with Gasteiger partial charge in [0.15, 0.2) is 0 Å². The van der Waals surface area contributed by atoms with E-state index in [1.54, 1.807) is 30.2 Å². The van der Waals surface area contributed by atoms with Gasteiger partial charge in [-0.2, -0.15) is 0 Å². The second-order valence-corrected chi connectivity index (χ2v) is 9.74. The molecule has 0 aliphatic carbocycles. The molecule has 5 nitrogen and oxygen atoms in total. The Labute approximate surface area is 210 Å². The molecule has 8 heteroatoms. The summed E-state index contributed by atoms with van der Waals surface area (Å²) < 4.78 is 42.6. The molecular formula is C28H34F3N3O2. The van der Waals surface area contributed by atoms with Gasteiger partial charge < -0.3 is 14.9 Å². The van der Waals surface area contributed by atoms with Gasteiger partial charge in [-0.05, 0) is 61.2 Å². The van der Waals surface area contributed by atoms with Gasteiger partial charge in [0, 0.05) is 37.8 Å². The lowest BCUT2D eigenvalue weighted by atomic mass is 9.89. The highest BCUT2D eigenvalue weighted by Gasteiger charge is 2.47. The van der Waals surface area contributed by atoms with Gasteiger partial charge in [0.1, 0.15) is 23.8 Å². The minimum absolute atomic E-state index is 0.000219. The Kier molecular flexibility index (Phi) is 8.05. The molecule has 0 saturated carbocycles. The highest BCUT2D eigenvalue weighted by Crippen LogP contribution is 2.41. The van der Waals surface area contributed by atoms with E-state index in [1.165, 1.54) is 4.90 Å². The lowest BCUT2D eigenvalue weighted by Crippen LogP contribution is -2.57. The van der Waals surface area contributed by atoms with E-state index in [-0.39, 0.29) is 30.2 Å². The molecule has 2 aliphatic rings. The number of piperidine rings is 1. The molecule has 36 heavy (non-hydrogen) atoms. The van der Waals surface area contributed by atoms with Gasteiger partial charge in [-0.1, -0.05) is 37.3 Å². The van der Waals surface area contributed by atoms with Crippen LogP contribution in [0, 0.1) is 11.6 Å². The second kappa shape index (κ2) is 11.0. The molecule has 2 aliphatic heterocycles. The number of urea groups is 1. The van der Waals surface area contributed by atoms with Crippen LogP contribution in [-0.2, 0) is 5.54 Å². The van der Waals surface area contributed by atoms with E-state index in [9.17, 15) is 23.1 Å². The normalized spacial score (nSPS) is 24.6. The van der Waals surface area contributed by atoms with Crippen LogP contribution in [-0.4, -0.2) is 77.9 Å². The number of hydrogen-bond acceptors (Lipinski definition) is 3. The highest BCUT2D eigenvalue weighted by atomic mass is 19.1. The summed E-state index contributed by atoms with van der Waals surface area (Å²) in [5.41, 5.74) is -0.0955. The third-order valence-corrected chi connectivity index (χ3v) is 7.59. The summed E-state index contributed by atoms with van der Waals surface area (Å²) in [5.74, 6) is -1.18. The fraction of sp³-hybridized carbons (Fsp3) is 0.464. The standard InChI is InChI=1S/C28H34F3N3O2/c1-3-12-33-13-11-23(15-24(33)17-29)32(2)27(36)34-18-20(25-14-22(30)9-10-26(25)31)16-28(34,19-35)21-7-5-4-6-8-21/h4-10,14,16,23-24,35H,3,11-13,15,17-19H2,1-2H3/t23?,24?,28-/m1/s1. The number of amides is 2. The summed E-state index contributed by atoms with van der Waals surface area (Å²) in [6.07, 6.45) is 3.83. The molecule has 2 unspecified atom stereocenters. The largest absolute Gasteiger partial charge is 0.393 e. The van der Waals surface area contributed by atoms with Gasteiger partial charge in [-0.3, -0.25) is 4.90 Å². The Morgan fingerprint density at radius 3 is 2.61 bits per heavy atom. The molecule has 0 radical (unpaired) electrons. The Bertz CT molecular complexity index is 1100. The molecule has 2 aromatic rings. The average molecular weight is 502 g/mol. The number of hydrogen-bond donors (Lipinski definition) is 1.